The normalized spacial score (nSPS) is 15.9. The molecule has 1 aliphatic carbocycles. The lowest BCUT2D eigenvalue weighted by Crippen LogP contribution is -2.18. The van der Waals surface area contributed by atoms with Crippen molar-refractivity contribution >= 4 is 15.7 Å². The van der Waals surface area contributed by atoms with Gasteiger partial charge in [0, 0.05) is 17.9 Å². The predicted octanol–water partition coefficient (Wildman–Crippen LogP) is 3.27. The van der Waals surface area contributed by atoms with E-state index in [1.165, 1.54) is 23.0 Å². The van der Waals surface area contributed by atoms with E-state index in [9.17, 15) is 17.2 Å². The third kappa shape index (κ3) is 3.65. The van der Waals surface area contributed by atoms with E-state index in [4.69, 9.17) is 0 Å². The zero-order valence-electron chi connectivity index (χ0n) is 14.0. The monoisotopic (exact) mass is 370 g/mol. The zero-order chi connectivity index (χ0) is 18.2. The molecule has 3 rings (SSSR count). The number of rotatable bonds is 5. The van der Waals surface area contributed by atoms with Crippen molar-refractivity contribution in [3.05, 3.63) is 29.6 Å². The average molecular weight is 370 g/mol. The summed E-state index contributed by atoms with van der Waals surface area (Å²) < 4.78 is 51.0. The van der Waals surface area contributed by atoms with Crippen molar-refractivity contribution in [1.29, 1.82) is 0 Å². The van der Waals surface area contributed by atoms with Crippen LogP contribution < -0.4 is 5.32 Å². The summed E-state index contributed by atoms with van der Waals surface area (Å²) in [6, 6.07) is 3.09. The molecule has 9 heteroatoms. The molecular weight excluding hydrogens is 350 g/mol. The van der Waals surface area contributed by atoms with Gasteiger partial charge in [0.25, 0.3) is 6.43 Å². The molecule has 6 nitrogen and oxygen atoms in total. The van der Waals surface area contributed by atoms with Crippen LogP contribution in [-0.4, -0.2) is 35.5 Å². The molecule has 0 aromatic carbocycles. The molecule has 1 aliphatic rings. The van der Waals surface area contributed by atoms with Crippen LogP contribution >= 0.6 is 0 Å². The number of halogens is 2. The molecule has 0 unspecified atom stereocenters. The van der Waals surface area contributed by atoms with Crippen molar-refractivity contribution in [1.82, 2.24) is 14.8 Å². The van der Waals surface area contributed by atoms with E-state index in [1.807, 2.05) is 0 Å². The second kappa shape index (κ2) is 6.70. The van der Waals surface area contributed by atoms with Crippen molar-refractivity contribution in [3.8, 4) is 5.69 Å². The molecule has 2 aromatic rings. The summed E-state index contributed by atoms with van der Waals surface area (Å²) in [5.41, 5.74) is 0.546. The van der Waals surface area contributed by atoms with Crippen LogP contribution in [0.15, 0.2) is 23.4 Å². The van der Waals surface area contributed by atoms with E-state index >= 15 is 0 Å². The number of nitrogens with zero attached hydrogens (tertiary/aromatic N) is 3. The maximum Gasteiger partial charge on any atom is 0.282 e. The molecular formula is C16H20F2N4O2S. The molecule has 2 heterocycles. The van der Waals surface area contributed by atoms with Crippen LogP contribution in [0.3, 0.4) is 0 Å². The van der Waals surface area contributed by atoms with Crippen LogP contribution in [0.2, 0.25) is 0 Å². The number of hydrogen-bond acceptors (Lipinski definition) is 5. The van der Waals surface area contributed by atoms with Gasteiger partial charge in [-0.15, -0.1) is 0 Å². The molecule has 136 valence electrons. The average Bonchev–Trinajstić information content (AvgIpc) is 3.16. The van der Waals surface area contributed by atoms with Crippen molar-refractivity contribution in [2.75, 3.05) is 11.6 Å². The first-order valence-corrected chi connectivity index (χ1v) is 9.97. The van der Waals surface area contributed by atoms with Crippen molar-refractivity contribution in [2.24, 2.45) is 0 Å². The highest BCUT2D eigenvalue weighted by Crippen LogP contribution is 2.32. The number of hydrogen-bond donors (Lipinski definition) is 1. The third-order valence-electron chi connectivity index (χ3n) is 4.41. The smallest absolute Gasteiger partial charge is 0.282 e. The van der Waals surface area contributed by atoms with Crippen LogP contribution in [0.1, 0.15) is 43.4 Å². The Morgan fingerprint density at radius 2 is 1.96 bits per heavy atom. The van der Waals surface area contributed by atoms with Crippen LogP contribution in [0, 0.1) is 6.92 Å². The Hall–Kier alpha value is -2.03. The van der Waals surface area contributed by atoms with Crippen molar-refractivity contribution < 1.29 is 17.2 Å². The minimum atomic E-state index is -3.42. The Morgan fingerprint density at radius 1 is 1.28 bits per heavy atom. The van der Waals surface area contributed by atoms with Gasteiger partial charge in [0.05, 0.1) is 11.9 Å². The maximum absolute atomic E-state index is 13.3. The molecule has 0 aliphatic heterocycles. The summed E-state index contributed by atoms with van der Waals surface area (Å²) in [5, 5.41) is 7.28. The number of sulfone groups is 1. The fourth-order valence-corrected chi connectivity index (χ4v) is 3.62. The lowest BCUT2D eigenvalue weighted by atomic mass is 10.2. The summed E-state index contributed by atoms with van der Waals surface area (Å²) >= 11 is 0. The number of nitrogens with one attached hydrogen (secondary N) is 1. The lowest BCUT2D eigenvalue weighted by molar-refractivity contribution is 0.145. The van der Waals surface area contributed by atoms with Gasteiger partial charge in [0.15, 0.2) is 14.9 Å². The molecule has 0 atom stereocenters. The molecule has 0 amide bonds. The van der Waals surface area contributed by atoms with Gasteiger partial charge in [0.1, 0.15) is 11.5 Å². The molecule has 0 spiro atoms. The second-order valence-corrected chi connectivity index (χ2v) is 8.29. The Balaban J connectivity index is 2.03. The van der Waals surface area contributed by atoms with Crippen molar-refractivity contribution in [2.45, 2.75) is 50.1 Å². The van der Waals surface area contributed by atoms with E-state index in [0.717, 1.165) is 31.9 Å². The predicted molar refractivity (Wildman–Crippen MR) is 90.0 cm³/mol. The number of anilines is 1. The fraction of sp³-hybridized carbons (Fsp3) is 0.500. The highest BCUT2D eigenvalue weighted by molar-refractivity contribution is 7.90. The highest BCUT2D eigenvalue weighted by Gasteiger charge is 2.25. The fourth-order valence-electron chi connectivity index (χ4n) is 3.06. The zero-order valence-corrected chi connectivity index (χ0v) is 14.9. The molecule has 0 radical (unpaired) electrons. The van der Waals surface area contributed by atoms with Gasteiger partial charge in [-0.25, -0.2) is 26.9 Å². The first-order valence-electron chi connectivity index (χ1n) is 8.08. The van der Waals surface area contributed by atoms with Crippen LogP contribution in [0.25, 0.3) is 5.69 Å². The number of aromatic nitrogens is 3. The minimum absolute atomic E-state index is 0.0699. The quantitative estimate of drug-likeness (QED) is 0.874. The largest absolute Gasteiger partial charge is 0.367 e. The number of pyridine rings is 1. The summed E-state index contributed by atoms with van der Waals surface area (Å²) in [6.07, 6.45) is 3.90. The molecule has 1 saturated carbocycles. The lowest BCUT2D eigenvalue weighted by Gasteiger charge is -2.16. The summed E-state index contributed by atoms with van der Waals surface area (Å²) in [6.45, 7) is 1.61. The standard InChI is InChI=1S/C16H20F2N4O2S/c1-10-14(15(17)18)21-22(16(10)20-11-5-3-4-6-11)12-7-8-13(19-9-12)25(2,23)24/h7-9,11,15,20H,3-6H2,1-2H3. The molecule has 0 saturated heterocycles. The van der Waals surface area contributed by atoms with Crippen LogP contribution in [-0.2, 0) is 9.84 Å². The van der Waals surface area contributed by atoms with Crippen molar-refractivity contribution in [3.63, 3.8) is 0 Å². The van der Waals surface area contributed by atoms with Gasteiger partial charge >= 0.3 is 0 Å². The van der Waals surface area contributed by atoms with E-state index in [-0.39, 0.29) is 16.8 Å². The van der Waals surface area contributed by atoms with E-state index < -0.39 is 16.3 Å². The first kappa shape index (κ1) is 17.8. The summed E-state index contributed by atoms with van der Waals surface area (Å²) in [5.74, 6) is 0.510. The van der Waals surface area contributed by atoms with E-state index in [1.54, 1.807) is 6.92 Å². The van der Waals surface area contributed by atoms with Crippen LogP contribution in [0.4, 0.5) is 14.6 Å². The van der Waals surface area contributed by atoms with E-state index in [0.29, 0.717) is 17.1 Å². The summed E-state index contributed by atoms with van der Waals surface area (Å²) in [4.78, 5) is 3.92. The van der Waals surface area contributed by atoms with Gasteiger partial charge in [-0.05, 0) is 31.9 Å². The summed E-state index contributed by atoms with van der Waals surface area (Å²) in [7, 11) is -3.42. The number of alkyl halides is 2. The van der Waals surface area contributed by atoms with Gasteiger partial charge in [-0.2, -0.15) is 5.10 Å². The minimum Gasteiger partial charge on any atom is -0.367 e. The molecule has 1 fully saturated rings. The van der Waals surface area contributed by atoms with Gasteiger partial charge in [-0.3, -0.25) is 0 Å². The van der Waals surface area contributed by atoms with Gasteiger partial charge < -0.3 is 5.32 Å². The molecule has 0 bridgehead atoms. The van der Waals surface area contributed by atoms with Crippen LogP contribution in [0.5, 0.6) is 0 Å². The van der Waals surface area contributed by atoms with Gasteiger partial charge in [-0.1, -0.05) is 12.8 Å². The van der Waals surface area contributed by atoms with E-state index in [2.05, 4.69) is 15.4 Å². The molecule has 1 N–H and O–H groups in total. The molecule has 2 aromatic heterocycles. The molecule has 25 heavy (non-hydrogen) atoms. The highest BCUT2D eigenvalue weighted by atomic mass is 32.2. The third-order valence-corrected chi connectivity index (χ3v) is 5.41. The Kier molecular flexibility index (Phi) is 4.77. The Bertz CT molecular complexity index is 857. The van der Waals surface area contributed by atoms with Gasteiger partial charge in [0.2, 0.25) is 0 Å². The second-order valence-electron chi connectivity index (χ2n) is 6.32. The Labute approximate surface area is 145 Å². The SMILES string of the molecule is Cc1c(C(F)F)nn(-c2ccc(S(C)(=O)=O)nc2)c1NC1CCCC1. The maximum atomic E-state index is 13.3. The Morgan fingerprint density at radius 3 is 2.48 bits per heavy atom. The first-order chi connectivity index (χ1) is 11.8. The topological polar surface area (TPSA) is 76.9 Å².